The number of halogens is 3. The van der Waals surface area contributed by atoms with Crippen molar-refractivity contribution in [2.24, 2.45) is 0 Å². The third kappa shape index (κ3) is 11.9. The first-order valence-electron chi connectivity index (χ1n) is 13.7. The zero-order valence-electron chi connectivity index (χ0n) is 23.8. The second-order valence-electron chi connectivity index (χ2n) is 9.95. The molecule has 0 saturated carbocycles. The Hall–Kier alpha value is -3.27. The number of aryl methyl sites for hydroxylation is 3. The van der Waals surface area contributed by atoms with Gasteiger partial charge in [0.25, 0.3) is 0 Å². The molecule has 1 unspecified atom stereocenters. The Morgan fingerprint density at radius 3 is 2.17 bits per heavy atom. The third-order valence-electron chi connectivity index (χ3n) is 6.45. The summed E-state index contributed by atoms with van der Waals surface area (Å²) in [5.41, 5.74) is 4.53. The van der Waals surface area contributed by atoms with Gasteiger partial charge in [-0.25, -0.2) is 9.59 Å². The number of carbonyl (C=O) groups is 2. The second-order valence-corrected chi connectivity index (χ2v) is 9.95. The van der Waals surface area contributed by atoms with Crippen molar-refractivity contribution < 1.29 is 37.3 Å². The Morgan fingerprint density at radius 2 is 1.60 bits per heavy atom. The van der Waals surface area contributed by atoms with Crippen molar-refractivity contribution in [2.75, 3.05) is 31.6 Å². The number of urea groups is 1. The molecular weight excluding hydrogens is 525 g/mol. The lowest BCUT2D eigenvalue weighted by atomic mass is 10.1. The minimum atomic E-state index is -4.15. The van der Waals surface area contributed by atoms with Gasteiger partial charge in [0.05, 0.1) is 6.54 Å². The smallest absolute Gasteiger partial charge is 0.389 e. The minimum absolute atomic E-state index is 0.0777. The average Bonchev–Trinajstić information content (AvgIpc) is 2.87. The summed E-state index contributed by atoms with van der Waals surface area (Å²) in [5.74, 6) is -0.443. The van der Waals surface area contributed by atoms with Crippen molar-refractivity contribution in [3.63, 3.8) is 0 Å². The van der Waals surface area contributed by atoms with Gasteiger partial charge in [0.1, 0.15) is 12.4 Å². The normalized spacial score (nSPS) is 12.2. The van der Waals surface area contributed by atoms with Gasteiger partial charge in [0.2, 0.25) is 0 Å². The van der Waals surface area contributed by atoms with Crippen LogP contribution in [0.5, 0.6) is 5.75 Å². The quantitative estimate of drug-likeness (QED) is 0.212. The summed E-state index contributed by atoms with van der Waals surface area (Å²) in [6.45, 7) is 8.78. The Kier molecular flexibility index (Phi) is 13.3. The third-order valence-corrected chi connectivity index (χ3v) is 6.45. The lowest BCUT2D eigenvalue weighted by molar-refractivity contribution is -0.150. The summed E-state index contributed by atoms with van der Waals surface area (Å²) in [5, 5.41) is 12.3. The van der Waals surface area contributed by atoms with Crippen LogP contribution in [0.3, 0.4) is 0 Å². The first-order valence-corrected chi connectivity index (χ1v) is 13.7. The molecule has 10 heteroatoms. The first kappa shape index (κ1) is 32.9. The van der Waals surface area contributed by atoms with E-state index in [9.17, 15) is 27.9 Å². The molecule has 40 heavy (non-hydrogen) atoms. The lowest BCUT2D eigenvalue weighted by Crippen LogP contribution is -2.39. The molecule has 0 aliphatic carbocycles. The molecule has 0 saturated heterocycles. The van der Waals surface area contributed by atoms with Gasteiger partial charge in [-0.3, -0.25) is 0 Å². The number of hydrogen-bond acceptors (Lipinski definition) is 4. The molecule has 2 rings (SSSR count). The summed E-state index contributed by atoms with van der Waals surface area (Å²) in [4.78, 5) is 26.1. The number of nitrogens with zero attached hydrogens (tertiary/aromatic N) is 1. The van der Waals surface area contributed by atoms with Gasteiger partial charge in [-0.1, -0.05) is 42.7 Å². The predicted octanol–water partition coefficient (Wildman–Crippen LogP) is 7.07. The standard InChI is InChI=1S/C30H41F3N2O5/c1-5-39-26(28(36)37)20-24-10-12-25(13-11-24)40-17-16-35(15-9-7-6-8-14-30(31,32)33)29(38)34-27-22(3)18-21(2)19-23(27)4/h10-13,18-19,26H,5-9,14-17,20H2,1-4H3,(H,34,38)(H,36,37). The minimum Gasteiger partial charge on any atom is -0.492 e. The monoisotopic (exact) mass is 566 g/mol. The van der Waals surface area contributed by atoms with Crippen molar-refractivity contribution in [3.8, 4) is 5.75 Å². The Labute approximate surface area is 234 Å². The number of alkyl halides is 3. The van der Waals surface area contributed by atoms with E-state index >= 15 is 0 Å². The number of carboxylic acid groups (broad SMARTS) is 1. The Bertz CT molecular complexity index is 1070. The molecule has 2 amide bonds. The zero-order chi connectivity index (χ0) is 29.7. The van der Waals surface area contributed by atoms with Crippen LogP contribution >= 0.6 is 0 Å². The molecule has 0 radical (unpaired) electrons. The van der Waals surface area contributed by atoms with E-state index in [-0.39, 0.29) is 32.0 Å². The van der Waals surface area contributed by atoms with Crippen LogP contribution in [0.2, 0.25) is 0 Å². The van der Waals surface area contributed by atoms with E-state index < -0.39 is 24.7 Å². The highest BCUT2D eigenvalue weighted by atomic mass is 19.4. The summed E-state index contributed by atoms with van der Waals surface area (Å²) >= 11 is 0. The maximum absolute atomic E-state index is 13.2. The van der Waals surface area contributed by atoms with Crippen LogP contribution in [0.15, 0.2) is 36.4 Å². The highest BCUT2D eigenvalue weighted by Gasteiger charge is 2.25. The van der Waals surface area contributed by atoms with Crippen LogP contribution in [-0.4, -0.2) is 60.6 Å². The molecule has 0 aliphatic rings. The molecule has 0 spiro atoms. The van der Waals surface area contributed by atoms with E-state index in [0.29, 0.717) is 38.2 Å². The van der Waals surface area contributed by atoms with E-state index in [1.54, 1.807) is 36.1 Å². The van der Waals surface area contributed by atoms with E-state index in [4.69, 9.17) is 9.47 Å². The molecule has 2 aromatic rings. The Morgan fingerprint density at radius 1 is 0.975 bits per heavy atom. The highest BCUT2D eigenvalue weighted by Crippen LogP contribution is 2.24. The number of carbonyl (C=O) groups excluding carboxylic acids is 1. The molecule has 0 heterocycles. The number of benzene rings is 2. The molecule has 7 nitrogen and oxygen atoms in total. The Balaban J connectivity index is 1.97. The number of amides is 2. The topological polar surface area (TPSA) is 88.1 Å². The van der Waals surface area contributed by atoms with E-state index in [1.165, 1.54) is 0 Å². The number of nitrogens with one attached hydrogen (secondary N) is 1. The number of carboxylic acids is 1. The average molecular weight is 567 g/mol. The van der Waals surface area contributed by atoms with Gasteiger partial charge in [-0.05, 0) is 69.4 Å². The van der Waals surface area contributed by atoms with Crippen molar-refractivity contribution in [2.45, 2.75) is 78.5 Å². The lowest BCUT2D eigenvalue weighted by Gasteiger charge is -2.24. The SMILES string of the molecule is CCOC(Cc1ccc(OCCN(CCCCCCC(F)(F)F)C(=O)Nc2c(C)cc(C)cc2C)cc1)C(=O)O. The summed E-state index contributed by atoms with van der Waals surface area (Å²) < 4.78 is 48.3. The number of rotatable bonds is 16. The zero-order valence-corrected chi connectivity index (χ0v) is 23.8. The molecule has 2 aromatic carbocycles. The maximum Gasteiger partial charge on any atom is 0.389 e. The predicted molar refractivity (Wildman–Crippen MR) is 149 cm³/mol. The number of unbranched alkanes of at least 4 members (excludes halogenated alkanes) is 3. The fraction of sp³-hybridized carbons (Fsp3) is 0.533. The van der Waals surface area contributed by atoms with Gasteiger partial charge in [-0.2, -0.15) is 13.2 Å². The van der Waals surface area contributed by atoms with Gasteiger partial charge in [0.15, 0.2) is 6.10 Å². The molecule has 0 fully saturated rings. The second kappa shape index (κ2) is 16.1. The highest BCUT2D eigenvalue weighted by molar-refractivity contribution is 5.91. The number of aliphatic carboxylic acids is 1. The van der Waals surface area contributed by atoms with Gasteiger partial charge in [-0.15, -0.1) is 0 Å². The number of anilines is 1. The molecule has 1 atom stereocenters. The van der Waals surface area contributed by atoms with Crippen molar-refractivity contribution in [1.29, 1.82) is 0 Å². The van der Waals surface area contributed by atoms with E-state index in [0.717, 1.165) is 27.9 Å². The van der Waals surface area contributed by atoms with Gasteiger partial charge in [0, 0.05) is 31.7 Å². The van der Waals surface area contributed by atoms with Crippen molar-refractivity contribution in [3.05, 3.63) is 58.7 Å². The molecule has 222 valence electrons. The largest absolute Gasteiger partial charge is 0.492 e. The van der Waals surface area contributed by atoms with Crippen molar-refractivity contribution >= 4 is 17.7 Å². The van der Waals surface area contributed by atoms with Gasteiger partial charge < -0.3 is 24.8 Å². The fourth-order valence-corrected chi connectivity index (χ4v) is 4.49. The number of hydrogen-bond donors (Lipinski definition) is 2. The first-order chi connectivity index (χ1) is 18.9. The fourth-order valence-electron chi connectivity index (χ4n) is 4.49. The molecular formula is C30H41F3N2O5. The molecule has 0 bridgehead atoms. The molecule has 2 N–H and O–H groups in total. The molecule has 0 aliphatic heterocycles. The van der Waals surface area contributed by atoms with E-state index in [2.05, 4.69) is 5.32 Å². The van der Waals surface area contributed by atoms with Crippen molar-refractivity contribution in [1.82, 2.24) is 4.90 Å². The number of ether oxygens (including phenoxy) is 2. The van der Waals surface area contributed by atoms with Crippen LogP contribution in [0.1, 0.15) is 61.3 Å². The van der Waals surface area contributed by atoms with Crippen LogP contribution in [0, 0.1) is 20.8 Å². The van der Waals surface area contributed by atoms with Crippen LogP contribution in [-0.2, 0) is 16.0 Å². The molecule has 0 aromatic heterocycles. The van der Waals surface area contributed by atoms with E-state index in [1.807, 2.05) is 32.9 Å². The summed E-state index contributed by atoms with van der Waals surface area (Å²) in [6, 6.07) is 10.7. The summed E-state index contributed by atoms with van der Waals surface area (Å²) in [7, 11) is 0. The maximum atomic E-state index is 13.2. The van der Waals surface area contributed by atoms with Crippen LogP contribution in [0.25, 0.3) is 0 Å². The van der Waals surface area contributed by atoms with Crippen LogP contribution in [0.4, 0.5) is 23.7 Å². The summed E-state index contributed by atoms with van der Waals surface area (Å²) in [6.07, 6.45) is -3.93. The van der Waals surface area contributed by atoms with Crippen LogP contribution < -0.4 is 10.1 Å². The van der Waals surface area contributed by atoms with Gasteiger partial charge >= 0.3 is 18.2 Å².